The Morgan fingerprint density at radius 2 is 1.24 bits per heavy atom. The molecule has 1 aromatic carbocycles. The predicted octanol–water partition coefficient (Wildman–Crippen LogP) is 4.83. The van der Waals surface area contributed by atoms with E-state index in [4.69, 9.17) is 23.7 Å². The van der Waals surface area contributed by atoms with Crippen molar-refractivity contribution in [3.05, 3.63) is 101 Å². The van der Waals surface area contributed by atoms with Gasteiger partial charge in [0.2, 0.25) is 0 Å². The van der Waals surface area contributed by atoms with Gasteiger partial charge >= 0.3 is 29.8 Å². The molecule has 10 heteroatoms. The summed E-state index contributed by atoms with van der Waals surface area (Å²) in [5, 5.41) is 0. The van der Waals surface area contributed by atoms with Crippen molar-refractivity contribution >= 4 is 35.9 Å². The summed E-state index contributed by atoms with van der Waals surface area (Å²) in [6.07, 6.45) is 7.83. The van der Waals surface area contributed by atoms with Gasteiger partial charge in [0.15, 0.2) is 0 Å². The van der Waals surface area contributed by atoms with E-state index in [2.05, 4.69) is 19.7 Å². The lowest BCUT2D eigenvalue weighted by atomic mass is 10.0. The summed E-state index contributed by atoms with van der Waals surface area (Å²) in [5.74, 6) is -3.17. The molecular weight excluding hydrogens is 532 g/mol. The average Bonchev–Trinajstić information content (AvgIpc) is 2.92. The zero-order valence-corrected chi connectivity index (χ0v) is 23.7. The number of hydrogen-bond donors (Lipinski definition) is 0. The lowest BCUT2D eigenvalue weighted by Crippen LogP contribution is -2.16. The van der Waals surface area contributed by atoms with E-state index in [-0.39, 0.29) is 60.0 Å². The van der Waals surface area contributed by atoms with Gasteiger partial charge in [-0.15, -0.1) is 0 Å². The van der Waals surface area contributed by atoms with Crippen molar-refractivity contribution in [1.29, 1.82) is 0 Å². The van der Waals surface area contributed by atoms with Crippen LogP contribution in [0.3, 0.4) is 0 Å². The fraction of sp³-hybridized carbons (Fsp3) is 0.258. The number of ether oxygens (including phenoxy) is 5. The minimum atomic E-state index is -0.799. The molecule has 0 aliphatic carbocycles. The van der Waals surface area contributed by atoms with Gasteiger partial charge in [0.25, 0.3) is 0 Å². The van der Waals surface area contributed by atoms with E-state index < -0.39 is 29.8 Å². The minimum absolute atomic E-state index is 0.00977. The summed E-state index contributed by atoms with van der Waals surface area (Å²) in [4.78, 5) is 60.3. The first-order valence-electron chi connectivity index (χ1n) is 12.4. The molecule has 0 atom stereocenters. The molecule has 0 N–H and O–H groups in total. The normalized spacial score (nSPS) is 11.1. The van der Waals surface area contributed by atoms with Crippen LogP contribution in [0.5, 0.6) is 0 Å². The van der Waals surface area contributed by atoms with Gasteiger partial charge in [0.05, 0.1) is 11.1 Å². The first-order valence-corrected chi connectivity index (χ1v) is 12.4. The van der Waals surface area contributed by atoms with Gasteiger partial charge in [0, 0.05) is 16.7 Å². The maximum Gasteiger partial charge on any atom is 0.338 e. The van der Waals surface area contributed by atoms with E-state index in [1.54, 1.807) is 25.2 Å². The third kappa shape index (κ3) is 12.6. The summed E-state index contributed by atoms with van der Waals surface area (Å²) in [7, 11) is 0. The van der Waals surface area contributed by atoms with Crippen LogP contribution in [-0.4, -0.2) is 56.3 Å². The molecule has 0 amide bonds. The molecule has 0 saturated carbocycles. The molecule has 0 spiro atoms. The van der Waals surface area contributed by atoms with Gasteiger partial charge in [-0.25, -0.2) is 24.0 Å². The zero-order chi connectivity index (χ0) is 30.9. The largest absolute Gasteiger partial charge is 0.459 e. The van der Waals surface area contributed by atoms with Gasteiger partial charge in [-0.1, -0.05) is 44.0 Å². The van der Waals surface area contributed by atoms with Crippen LogP contribution in [0.25, 0.3) is 6.08 Å². The zero-order valence-electron chi connectivity index (χ0n) is 23.7. The predicted molar refractivity (Wildman–Crippen MR) is 151 cm³/mol. The van der Waals surface area contributed by atoms with Gasteiger partial charge in [-0.3, -0.25) is 0 Å². The maximum atomic E-state index is 12.9. The third-order valence-corrected chi connectivity index (χ3v) is 4.73. The number of carbonyl (C=O) groups is 5. The topological polar surface area (TPSA) is 132 Å². The molecule has 0 bridgehead atoms. The van der Waals surface area contributed by atoms with Crippen molar-refractivity contribution < 1.29 is 47.7 Å². The molecule has 1 rings (SSSR count). The van der Waals surface area contributed by atoms with Crippen LogP contribution >= 0.6 is 0 Å². The number of esters is 5. The Hall–Kier alpha value is -4.99. The van der Waals surface area contributed by atoms with Gasteiger partial charge in [-0.05, 0) is 57.5 Å². The SMILES string of the molecule is C=C(C)C(=O)OCCOC(=O)c1ccc(/C=C/C=C(\C=C/C)OC(=O)C(=C)C)c(C(=O)OCCOC(=O)C(=C)C)c1. The highest BCUT2D eigenvalue weighted by molar-refractivity contribution is 5.98. The van der Waals surface area contributed by atoms with Crippen LogP contribution in [0.2, 0.25) is 0 Å². The fourth-order valence-electron chi connectivity index (χ4n) is 2.68. The van der Waals surface area contributed by atoms with Crippen molar-refractivity contribution in [2.45, 2.75) is 27.7 Å². The Morgan fingerprint density at radius 3 is 1.76 bits per heavy atom. The van der Waals surface area contributed by atoms with Crippen molar-refractivity contribution in [2.24, 2.45) is 0 Å². The summed E-state index contributed by atoms with van der Waals surface area (Å²) in [5.41, 5.74) is 1.04. The Morgan fingerprint density at radius 1 is 0.732 bits per heavy atom. The fourth-order valence-corrected chi connectivity index (χ4v) is 2.68. The van der Waals surface area contributed by atoms with Crippen LogP contribution in [0.15, 0.2) is 84.7 Å². The molecule has 218 valence electrons. The summed E-state index contributed by atoms with van der Waals surface area (Å²) in [6, 6.07) is 4.21. The molecule has 1 aromatic rings. The molecule has 41 heavy (non-hydrogen) atoms. The van der Waals surface area contributed by atoms with Crippen LogP contribution in [-0.2, 0) is 38.1 Å². The van der Waals surface area contributed by atoms with Crippen LogP contribution in [0.4, 0.5) is 0 Å². The van der Waals surface area contributed by atoms with E-state index in [0.717, 1.165) is 0 Å². The standard InChI is InChI=1S/C31H34O10/c1-8-10-25(41-29(34)22(6)7)12-9-11-23-13-14-24(30(35)39-17-15-37-27(32)20(2)3)19-26(23)31(36)40-18-16-38-28(33)21(4)5/h8-14,19H,2,4,6,15-18H2,1,3,5,7H3/b10-8-,11-9+,25-12+. The van der Waals surface area contributed by atoms with Crippen molar-refractivity contribution in [2.75, 3.05) is 26.4 Å². The molecule has 10 nitrogen and oxygen atoms in total. The molecule has 0 aliphatic rings. The van der Waals surface area contributed by atoms with Crippen LogP contribution < -0.4 is 0 Å². The number of rotatable bonds is 15. The number of benzene rings is 1. The summed E-state index contributed by atoms with van der Waals surface area (Å²) in [6.45, 7) is 15.9. The highest BCUT2D eigenvalue weighted by Gasteiger charge is 2.17. The Bertz CT molecular complexity index is 1290. The summed E-state index contributed by atoms with van der Waals surface area (Å²) < 4.78 is 25.4. The average molecular weight is 567 g/mol. The number of hydrogen-bond acceptors (Lipinski definition) is 10. The van der Waals surface area contributed by atoms with E-state index in [9.17, 15) is 24.0 Å². The minimum Gasteiger partial charge on any atom is -0.459 e. The van der Waals surface area contributed by atoms with E-state index >= 15 is 0 Å². The Kier molecular flexibility index (Phi) is 14.6. The molecule has 0 heterocycles. The van der Waals surface area contributed by atoms with Crippen molar-refractivity contribution in [3.8, 4) is 0 Å². The van der Waals surface area contributed by atoms with E-state index in [0.29, 0.717) is 5.56 Å². The number of carbonyl (C=O) groups excluding carboxylic acids is 5. The van der Waals surface area contributed by atoms with E-state index in [1.807, 2.05) is 0 Å². The molecular formula is C31H34O10. The monoisotopic (exact) mass is 566 g/mol. The van der Waals surface area contributed by atoms with Crippen molar-refractivity contribution in [3.63, 3.8) is 0 Å². The second-order valence-corrected chi connectivity index (χ2v) is 8.50. The lowest BCUT2D eigenvalue weighted by molar-refractivity contribution is -0.140. The Balaban J connectivity index is 3.15. The highest BCUT2D eigenvalue weighted by atomic mass is 16.6. The highest BCUT2D eigenvalue weighted by Crippen LogP contribution is 2.17. The first-order chi connectivity index (χ1) is 19.4. The van der Waals surface area contributed by atoms with Gasteiger partial charge in [-0.2, -0.15) is 0 Å². The molecule has 0 aromatic heterocycles. The lowest BCUT2D eigenvalue weighted by Gasteiger charge is -2.11. The Labute approximate surface area is 239 Å². The maximum absolute atomic E-state index is 12.9. The molecule has 0 unspecified atom stereocenters. The van der Waals surface area contributed by atoms with Gasteiger partial charge in [0.1, 0.15) is 32.2 Å². The smallest absolute Gasteiger partial charge is 0.338 e. The third-order valence-electron chi connectivity index (χ3n) is 4.73. The summed E-state index contributed by atoms with van der Waals surface area (Å²) >= 11 is 0. The number of allylic oxidation sites excluding steroid dienone is 4. The molecule has 0 aliphatic heterocycles. The van der Waals surface area contributed by atoms with Gasteiger partial charge < -0.3 is 23.7 Å². The quantitative estimate of drug-likeness (QED) is 0.0726. The van der Waals surface area contributed by atoms with E-state index in [1.165, 1.54) is 51.1 Å². The van der Waals surface area contributed by atoms with Crippen molar-refractivity contribution in [1.82, 2.24) is 0 Å². The van der Waals surface area contributed by atoms with Crippen LogP contribution in [0.1, 0.15) is 54.0 Å². The molecule has 0 saturated heterocycles. The molecule has 0 radical (unpaired) electrons. The van der Waals surface area contributed by atoms with Crippen LogP contribution in [0, 0.1) is 0 Å². The second-order valence-electron chi connectivity index (χ2n) is 8.50. The second kappa shape index (κ2) is 17.6. The first kappa shape index (κ1) is 34.0. The molecule has 0 fully saturated rings.